The zero-order valence-electron chi connectivity index (χ0n) is 11.8. The summed E-state index contributed by atoms with van der Waals surface area (Å²) < 4.78 is 0. The molecule has 0 bridgehead atoms. The summed E-state index contributed by atoms with van der Waals surface area (Å²) in [5, 5.41) is 6.84. The molecule has 0 atom stereocenters. The number of benzene rings is 1. The number of hydrogen-bond acceptors (Lipinski definition) is 4. The van der Waals surface area contributed by atoms with Gasteiger partial charge in [-0.2, -0.15) is 5.10 Å². The number of amides is 1. The van der Waals surface area contributed by atoms with Gasteiger partial charge in [-0.3, -0.25) is 4.79 Å². The summed E-state index contributed by atoms with van der Waals surface area (Å²) in [5.41, 5.74) is 6.66. The Bertz CT molecular complexity index is 646. The molecule has 1 aromatic carbocycles. The van der Waals surface area contributed by atoms with E-state index in [0.29, 0.717) is 0 Å². The van der Waals surface area contributed by atoms with Gasteiger partial charge in [0.2, 0.25) is 5.91 Å². The lowest BCUT2D eigenvalue weighted by atomic mass is 10.1. The fraction of sp³-hybridized carbons (Fsp3) is 0.267. The molecule has 0 aliphatic carbocycles. The summed E-state index contributed by atoms with van der Waals surface area (Å²) in [4.78, 5) is 15.9. The number of hydrazone groups is 1. The van der Waals surface area contributed by atoms with Crippen LogP contribution >= 0.6 is 11.3 Å². The highest BCUT2D eigenvalue weighted by Crippen LogP contribution is 2.09. The SMILES string of the molecule is Cc1ccc(C=NNC(=O)Cc2csc(C)n2)c(C)c1. The molecular weight excluding hydrogens is 270 g/mol. The van der Waals surface area contributed by atoms with E-state index < -0.39 is 0 Å². The first-order valence-electron chi connectivity index (χ1n) is 6.35. The van der Waals surface area contributed by atoms with E-state index in [4.69, 9.17) is 0 Å². The molecule has 104 valence electrons. The second kappa shape index (κ2) is 6.43. The summed E-state index contributed by atoms with van der Waals surface area (Å²) >= 11 is 1.54. The van der Waals surface area contributed by atoms with Crippen molar-refractivity contribution in [3.05, 3.63) is 51.0 Å². The monoisotopic (exact) mass is 287 g/mol. The average molecular weight is 287 g/mol. The first-order chi connectivity index (χ1) is 9.54. The van der Waals surface area contributed by atoms with Crippen molar-refractivity contribution >= 4 is 23.5 Å². The highest BCUT2D eigenvalue weighted by molar-refractivity contribution is 7.09. The molecular formula is C15H17N3OS. The Labute approximate surface area is 122 Å². The van der Waals surface area contributed by atoms with Crippen LogP contribution in [0.5, 0.6) is 0 Å². The van der Waals surface area contributed by atoms with Crippen molar-refractivity contribution in [2.24, 2.45) is 5.10 Å². The summed E-state index contributed by atoms with van der Waals surface area (Å²) in [5.74, 6) is -0.156. The third kappa shape index (κ3) is 3.99. The zero-order valence-corrected chi connectivity index (χ0v) is 12.6. The number of carbonyl (C=O) groups is 1. The number of hydrogen-bond donors (Lipinski definition) is 1. The molecule has 1 amide bonds. The fourth-order valence-corrected chi connectivity index (χ4v) is 2.45. The molecule has 1 heterocycles. The molecule has 0 unspecified atom stereocenters. The van der Waals surface area contributed by atoms with Gasteiger partial charge in [-0.25, -0.2) is 10.4 Å². The number of carbonyl (C=O) groups excluding carboxylic acids is 1. The smallest absolute Gasteiger partial charge is 0.246 e. The zero-order chi connectivity index (χ0) is 14.5. The van der Waals surface area contributed by atoms with Crippen molar-refractivity contribution in [3.8, 4) is 0 Å². The molecule has 1 aromatic heterocycles. The second-order valence-corrected chi connectivity index (χ2v) is 5.75. The number of thiazole rings is 1. The van der Waals surface area contributed by atoms with E-state index >= 15 is 0 Å². The van der Waals surface area contributed by atoms with Crippen molar-refractivity contribution in [3.63, 3.8) is 0 Å². The summed E-state index contributed by atoms with van der Waals surface area (Å²) in [7, 11) is 0. The molecule has 0 spiro atoms. The van der Waals surface area contributed by atoms with Crippen molar-refractivity contribution in [2.75, 3.05) is 0 Å². The molecule has 2 aromatic rings. The van der Waals surface area contributed by atoms with E-state index in [1.165, 1.54) is 5.56 Å². The van der Waals surface area contributed by atoms with Crippen LogP contribution in [-0.2, 0) is 11.2 Å². The van der Waals surface area contributed by atoms with Gasteiger partial charge in [-0.05, 0) is 31.9 Å². The van der Waals surface area contributed by atoms with Crippen LogP contribution in [0, 0.1) is 20.8 Å². The van der Waals surface area contributed by atoms with E-state index in [1.807, 2.05) is 38.3 Å². The lowest BCUT2D eigenvalue weighted by molar-refractivity contribution is -0.120. The molecule has 1 N–H and O–H groups in total. The van der Waals surface area contributed by atoms with Crippen molar-refractivity contribution in [2.45, 2.75) is 27.2 Å². The van der Waals surface area contributed by atoms with Gasteiger partial charge in [0.05, 0.1) is 23.3 Å². The molecule has 0 fully saturated rings. The molecule has 0 saturated heterocycles. The Morgan fingerprint density at radius 1 is 1.40 bits per heavy atom. The van der Waals surface area contributed by atoms with E-state index in [9.17, 15) is 4.79 Å². The lowest BCUT2D eigenvalue weighted by Crippen LogP contribution is -2.20. The maximum Gasteiger partial charge on any atom is 0.246 e. The first-order valence-corrected chi connectivity index (χ1v) is 7.23. The molecule has 2 rings (SSSR count). The highest BCUT2D eigenvalue weighted by Gasteiger charge is 2.05. The maximum atomic E-state index is 11.7. The normalized spacial score (nSPS) is 10.9. The predicted octanol–water partition coefficient (Wildman–Crippen LogP) is 2.76. The standard InChI is InChI=1S/C15H17N3OS/c1-10-4-5-13(11(2)6-10)8-16-18-15(19)7-14-9-20-12(3)17-14/h4-6,8-9H,7H2,1-3H3,(H,18,19). The minimum Gasteiger partial charge on any atom is -0.273 e. The molecule has 0 saturated carbocycles. The average Bonchev–Trinajstić information content (AvgIpc) is 2.77. The van der Waals surface area contributed by atoms with Crippen LogP contribution in [0.1, 0.15) is 27.4 Å². The van der Waals surface area contributed by atoms with Crippen LogP contribution in [0.15, 0.2) is 28.7 Å². The summed E-state index contributed by atoms with van der Waals surface area (Å²) in [6.07, 6.45) is 1.92. The van der Waals surface area contributed by atoms with Gasteiger partial charge in [0.15, 0.2) is 0 Å². The van der Waals surface area contributed by atoms with Crippen LogP contribution in [0.25, 0.3) is 0 Å². The van der Waals surface area contributed by atoms with E-state index in [0.717, 1.165) is 21.8 Å². The summed E-state index contributed by atoms with van der Waals surface area (Å²) in [6, 6.07) is 6.10. The topological polar surface area (TPSA) is 54.4 Å². The van der Waals surface area contributed by atoms with Gasteiger partial charge in [0, 0.05) is 5.38 Å². The van der Waals surface area contributed by atoms with Crippen molar-refractivity contribution < 1.29 is 4.79 Å². The minimum absolute atomic E-state index is 0.156. The second-order valence-electron chi connectivity index (χ2n) is 4.69. The quantitative estimate of drug-likeness (QED) is 0.694. The Hall–Kier alpha value is -2.01. The third-order valence-corrected chi connectivity index (χ3v) is 3.65. The van der Waals surface area contributed by atoms with Gasteiger partial charge in [0.1, 0.15) is 0 Å². The Morgan fingerprint density at radius 3 is 2.85 bits per heavy atom. The Morgan fingerprint density at radius 2 is 2.20 bits per heavy atom. The predicted molar refractivity (Wildman–Crippen MR) is 82.2 cm³/mol. The largest absolute Gasteiger partial charge is 0.273 e. The first kappa shape index (κ1) is 14.4. The van der Waals surface area contributed by atoms with Crippen LogP contribution in [0.3, 0.4) is 0 Å². The van der Waals surface area contributed by atoms with Crippen molar-refractivity contribution in [1.29, 1.82) is 0 Å². The van der Waals surface area contributed by atoms with Gasteiger partial charge in [-0.1, -0.05) is 23.8 Å². The molecule has 4 nitrogen and oxygen atoms in total. The summed E-state index contributed by atoms with van der Waals surface area (Å²) in [6.45, 7) is 5.99. The maximum absolute atomic E-state index is 11.7. The van der Waals surface area contributed by atoms with Gasteiger partial charge in [-0.15, -0.1) is 11.3 Å². The van der Waals surface area contributed by atoms with Crippen LogP contribution in [-0.4, -0.2) is 17.1 Å². The molecule has 0 aliphatic rings. The Balaban J connectivity index is 1.91. The number of nitrogens with zero attached hydrogens (tertiary/aromatic N) is 2. The molecule has 0 aliphatic heterocycles. The number of nitrogens with one attached hydrogen (secondary N) is 1. The third-order valence-electron chi connectivity index (χ3n) is 2.83. The molecule has 5 heteroatoms. The van der Waals surface area contributed by atoms with Crippen LogP contribution in [0.4, 0.5) is 0 Å². The minimum atomic E-state index is -0.156. The number of rotatable bonds is 4. The molecule has 0 radical (unpaired) electrons. The lowest BCUT2D eigenvalue weighted by Gasteiger charge is -2.01. The van der Waals surface area contributed by atoms with Gasteiger partial charge < -0.3 is 0 Å². The van der Waals surface area contributed by atoms with Gasteiger partial charge >= 0.3 is 0 Å². The van der Waals surface area contributed by atoms with E-state index in [1.54, 1.807) is 17.6 Å². The van der Waals surface area contributed by atoms with Crippen molar-refractivity contribution in [1.82, 2.24) is 10.4 Å². The highest BCUT2D eigenvalue weighted by atomic mass is 32.1. The molecule has 20 heavy (non-hydrogen) atoms. The van der Waals surface area contributed by atoms with E-state index in [2.05, 4.69) is 21.6 Å². The van der Waals surface area contributed by atoms with Gasteiger partial charge in [0.25, 0.3) is 0 Å². The fourth-order valence-electron chi connectivity index (χ4n) is 1.84. The van der Waals surface area contributed by atoms with E-state index in [-0.39, 0.29) is 12.3 Å². The number of aryl methyl sites for hydroxylation is 3. The van der Waals surface area contributed by atoms with Crippen LogP contribution < -0.4 is 5.43 Å². The number of aromatic nitrogens is 1. The van der Waals surface area contributed by atoms with Crippen LogP contribution in [0.2, 0.25) is 0 Å². The Kier molecular flexibility index (Phi) is 4.63.